The molecule has 0 N–H and O–H groups in total. The van der Waals surface area contributed by atoms with Gasteiger partial charge in [0.2, 0.25) is 5.82 Å². The number of halogens is 4. The second kappa shape index (κ2) is 14.9. The average molecular weight is 585 g/mol. The summed E-state index contributed by atoms with van der Waals surface area (Å²) in [7, 11) is 0. The Hall–Kier alpha value is -3.81. The highest BCUT2D eigenvalue weighted by atomic mass is 19.2. The van der Waals surface area contributed by atoms with Crippen LogP contribution in [-0.4, -0.2) is 25.3 Å². The Morgan fingerprint density at radius 2 is 1.55 bits per heavy atom. The van der Waals surface area contributed by atoms with Crippen LogP contribution in [0.3, 0.4) is 0 Å². The minimum atomic E-state index is -1.28. The number of hydrogen-bond donors (Lipinski definition) is 0. The van der Waals surface area contributed by atoms with Crippen molar-refractivity contribution >= 4 is 5.97 Å². The molecule has 1 saturated carbocycles. The van der Waals surface area contributed by atoms with Gasteiger partial charge in [0.25, 0.3) is 0 Å². The van der Waals surface area contributed by atoms with E-state index < -0.39 is 40.9 Å². The summed E-state index contributed by atoms with van der Waals surface area (Å²) in [6.45, 7) is 6.51. The van der Waals surface area contributed by atoms with Crippen molar-refractivity contribution in [1.29, 1.82) is 0 Å². The van der Waals surface area contributed by atoms with Gasteiger partial charge in [0, 0.05) is 5.56 Å². The largest absolute Gasteiger partial charge is 0.494 e. The standard InChI is InChI=1S/C34H36F4O4/c1-3-5-7-21-41-29-19-18-27(31(36)33(29)38)23-10-14-25(15-11-23)42-34(39)28-17-16-26(30(35)32(28)37)22-8-12-24(13-9-22)40-20-6-4-2/h3,8-9,12-13,16-19,23,25H,1,4-7,10-11,14-15,20-21H2,2H3. The van der Waals surface area contributed by atoms with E-state index in [0.29, 0.717) is 56.4 Å². The van der Waals surface area contributed by atoms with Crippen molar-refractivity contribution in [3.8, 4) is 22.6 Å². The van der Waals surface area contributed by atoms with Crippen molar-refractivity contribution in [2.75, 3.05) is 13.2 Å². The van der Waals surface area contributed by atoms with Crippen molar-refractivity contribution in [3.05, 3.63) is 95.6 Å². The Labute approximate surface area is 244 Å². The van der Waals surface area contributed by atoms with E-state index in [1.165, 1.54) is 24.3 Å². The molecule has 0 saturated heterocycles. The van der Waals surface area contributed by atoms with Crippen molar-refractivity contribution < 1.29 is 36.6 Å². The minimum absolute atomic E-state index is 0.0205. The van der Waals surface area contributed by atoms with Crippen LogP contribution in [0.1, 0.15) is 80.1 Å². The normalized spacial score (nSPS) is 16.6. The first-order valence-corrected chi connectivity index (χ1v) is 14.5. The number of allylic oxidation sites excluding steroid dienone is 1. The molecular formula is C34H36F4O4. The topological polar surface area (TPSA) is 44.8 Å². The SMILES string of the molecule is C=CCCCOc1ccc(C2CCC(OC(=O)c3ccc(-c4ccc(OCCCC)cc4)c(F)c3F)CC2)c(F)c1F. The number of unbranched alkanes of at least 4 members (excludes halogenated alkanes) is 2. The molecule has 3 aromatic rings. The molecule has 8 heteroatoms. The highest BCUT2D eigenvalue weighted by Crippen LogP contribution is 2.38. The molecule has 0 bridgehead atoms. The molecule has 1 aliphatic rings. The summed E-state index contributed by atoms with van der Waals surface area (Å²) in [5.74, 6) is -5.09. The smallest absolute Gasteiger partial charge is 0.341 e. The Kier molecular flexibility index (Phi) is 11.0. The molecular weight excluding hydrogens is 548 g/mol. The third kappa shape index (κ3) is 7.52. The summed E-state index contributed by atoms with van der Waals surface area (Å²) in [6, 6.07) is 12.2. The second-order valence-corrected chi connectivity index (χ2v) is 10.5. The Morgan fingerprint density at radius 1 is 0.833 bits per heavy atom. The van der Waals surface area contributed by atoms with Gasteiger partial charge >= 0.3 is 5.97 Å². The van der Waals surface area contributed by atoms with Gasteiger partial charge in [0.05, 0.1) is 18.8 Å². The summed E-state index contributed by atoms with van der Waals surface area (Å²) in [5, 5.41) is 0. The van der Waals surface area contributed by atoms with E-state index >= 15 is 0 Å². The van der Waals surface area contributed by atoms with Crippen LogP contribution in [0.25, 0.3) is 11.1 Å². The molecule has 0 unspecified atom stereocenters. The molecule has 1 fully saturated rings. The molecule has 0 radical (unpaired) electrons. The fourth-order valence-electron chi connectivity index (χ4n) is 5.08. The van der Waals surface area contributed by atoms with Crippen LogP contribution < -0.4 is 9.47 Å². The van der Waals surface area contributed by atoms with E-state index in [9.17, 15) is 22.4 Å². The van der Waals surface area contributed by atoms with Crippen LogP contribution in [0.2, 0.25) is 0 Å². The molecule has 4 nitrogen and oxygen atoms in total. The molecule has 1 aliphatic carbocycles. The minimum Gasteiger partial charge on any atom is -0.494 e. The van der Waals surface area contributed by atoms with Crippen molar-refractivity contribution in [3.63, 3.8) is 0 Å². The molecule has 0 atom stereocenters. The van der Waals surface area contributed by atoms with E-state index in [2.05, 4.69) is 13.5 Å². The highest BCUT2D eigenvalue weighted by molar-refractivity contribution is 5.90. The summed E-state index contributed by atoms with van der Waals surface area (Å²) in [6.07, 6.45) is 6.12. The second-order valence-electron chi connectivity index (χ2n) is 10.5. The number of benzene rings is 3. The number of carbonyl (C=O) groups is 1. The average Bonchev–Trinajstić information content (AvgIpc) is 3.00. The number of ether oxygens (including phenoxy) is 3. The predicted octanol–water partition coefficient (Wildman–Crippen LogP) is 9.32. The zero-order valence-corrected chi connectivity index (χ0v) is 23.8. The third-order valence-electron chi connectivity index (χ3n) is 7.51. The molecule has 0 amide bonds. The molecule has 0 spiro atoms. The van der Waals surface area contributed by atoms with Gasteiger partial charge in [0.15, 0.2) is 23.2 Å². The molecule has 0 aliphatic heterocycles. The molecule has 42 heavy (non-hydrogen) atoms. The van der Waals surface area contributed by atoms with Crippen molar-refractivity contribution in [1.82, 2.24) is 0 Å². The Morgan fingerprint density at radius 3 is 2.24 bits per heavy atom. The van der Waals surface area contributed by atoms with Gasteiger partial charge in [-0.1, -0.05) is 43.7 Å². The number of rotatable bonds is 13. The van der Waals surface area contributed by atoms with Crippen molar-refractivity contribution in [2.45, 2.75) is 70.3 Å². The summed E-state index contributed by atoms with van der Waals surface area (Å²) >= 11 is 0. The lowest BCUT2D eigenvalue weighted by Gasteiger charge is -2.29. The maximum Gasteiger partial charge on any atom is 0.341 e. The van der Waals surface area contributed by atoms with Crippen molar-refractivity contribution in [2.24, 2.45) is 0 Å². The maximum atomic E-state index is 15.0. The zero-order valence-electron chi connectivity index (χ0n) is 23.8. The van der Waals surface area contributed by atoms with Gasteiger partial charge in [-0.2, -0.15) is 4.39 Å². The number of esters is 1. The molecule has 0 aromatic heterocycles. The van der Waals surface area contributed by atoms with Crippen LogP contribution >= 0.6 is 0 Å². The van der Waals surface area contributed by atoms with Crippen LogP contribution in [0.4, 0.5) is 17.6 Å². The zero-order chi connectivity index (χ0) is 30.1. The lowest BCUT2D eigenvalue weighted by molar-refractivity contribution is 0.0188. The van der Waals surface area contributed by atoms with Crippen LogP contribution in [0.15, 0.2) is 61.2 Å². The van der Waals surface area contributed by atoms with Gasteiger partial charge < -0.3 is 14.2 Å². The van der Waals surface area contributed by atoms with Gasteiger partial charge in [0.1, 0.15) is 11.9 Å². The lowest BCUT2D eigenvalue weighted by atomic mass is 9.82. The van der Waals surface area contributed by atoms with Crippen LogP contribution in [0, 0.1) is 23.3 Å². The first-order chi connectivity index (χ1) is 20.3. The quantitative estimate of drug-likeness (QED) is 0.0869. The fraction of sp³-hybridized carbons (Fsp3) is 0.382. The number of carbonyl (C=O) groups excluding carboxylic acids is 1. The van der Waals surface area contributed by atoms with E-state index in [1.54, 1.807) is 30.3 Å². The Bertz CT molecular complexity index is 1360. The monoisotopic (exact) mass is 584 g/mol. The summed E-state index contributed by atoms with van der Waals surface area (Å²) in [4.78, 5) is 12.7. The van der Waals surface area contributed by atoms with E-state index in [1.807, 2.05) is 0 Å². The molecule has 224 valence electrons. The van der Waals surface area contributed by atoms with Gasteiger partial charge in [-0.25, -0.2) is 18.0 Å². The summed E-state index contributed by atoms with van der Waals surface area (Å²) in [5.41, 5.74) is 0.227. The van der Waals surface area contributed by atoms with Gasteiger partial charge in [-0.05, 0) is 86.3 Å². The molecule has 4 rings (SSSR count). The maximum absolute atomic E-state index is 15.0. The Balaban J connectivity index is 1.34. The predicted molar refractivity (Wildman–Crippen MR) is 154 cm³/mol. The van der Waals surface area contributed by atoms with Gasteiger partial charge in [-0.15, -0.1) is 6.58 Å². The van der Waals surface area contributed by atoms with Gasteiger partial charge in [-0.3, -0.25) is 0 Å². The van der Waals surface area contributed by atoms with Crippen LogP contribution in [0.5, 0.6) is 11.5 Å². The third-order valence-corrected chi connectivity index (χ3v) is 7.51. The van der Waals surface area contributed by atoms with E-state index in [-0.39, 0.29) is 29.4 Å². The molecule has 3 aromatic carbocycles. The van der Waals surface area contributed by atoms with E-state index in [4.69, 9.17) is 14.2 Å². The van der Waals surface area contributed by atoms with E-state index in [0.717, 1.165) is 12.8 Å². The first kappa shape index (κ1) is 31.1. The fourth-order valence-corrected chi connectivity index (χ4v) is 5.08. The summed E-state index contributed by atoms with van der Waals surface area (Å²) < 4.78 is 75.8. The molecule has 0 heterocycles. The number of hydrogen-bond acceptors (Lipinski definition) is 4. The lowest BCUT2D eigenvalue weighted by Crippen LogP contribution is -2.25. The first-order valence-electron chi connectivity index (χ1n) is 14.5. The van der Waals surface area contributed by atoms with Crippen LogP contribution in [-0.2, 0) is 4.74 Å². The highest BCUT2D eigenvalue weighted by Gasteiger charge is 2.30.